The molecular weight excluding hydrogens is 563 g/mol. The number of aromatic nitrogens is 1. The SMILES string of the molecule is CC(C)(C)OC(=O)N[C@H]1CCCCCC=C[C@@H]2C[C@@]2(C(=O)O)NC(=O)[C@@H]2C[C@@H](Oc3nc4cc(F)ccc4o3)CN2C1=O. The highest BCUT2D eigenvalue weighted by atomic mass is 19.1. The van der Waals surface area contributed by atoms with Crippen molar-refractivity contribution < 1.29 is 42.6 Å². The molecule has 0 spiro atoms. The van der Waals surface area contributed by atoms with Gasteiger partial charge in [0.15, 0.2) is 5.58 Å². The number of halogens is 1. The molecule has 2 aliphatic heterocycles. The van der Waals surface area contributed by atoms with E-state index in [1.54, 1.807) is 20.8 Å². The number of carboxylic acids is 1. The number of rotatable bonds is 4. The Morgan fingerprint density at radius 2 is 2.02 bits per heavy atom. The van der Waals surface area contributed by atoms with E-state index in [0.717, 1.165) is 19.3 Å². The average Bonchev–Trinajstić information content (AvgIpc) is 3.23. The summed E-state index contributed by atoms with van der Waals surface area (Å²) < 4.78 is 30.6. The average molecular weight is 601 g/mol. The Morgan fingerprint density at radius 3 is 2.77 bits per heavy atom. The van der Waals surface area contributed by atoms with Crippen LogP contribution in [-0.2, 0) is 19.1 Å². The van der Waals surface area contributed by atoms with Crippen LogP contribution in [0.25, 0.3) is 11.1 Å². The largest absolute Gasteiger partial charge is 0.479 e. The first-order valence-corrected chi connectivity index (χ1v) is 14.6. The third-order valence-electron chi connectivity index (χ3n) is 7.91. The van der Waals surface area contributed by atoms with Crippen LogP contribution in [0.5, 0.6) is 6.08 Å². The van der Waals surface area contributed by atoms with Crippen molar-refractivity contribution in [2.24, 2.45) is 5.92 Å². The Hall–Kier alpha value is -4.16. The maximum Gasteiger partial charge on any atom is 0.408 e. The first kappa shape index (κ1) is 30.3. The van der Waals surface area contributed by atoms with Crippen LogP contribution in [-0.4, -0.2) is 74.7 Å². The van der Waals surface area contributed by atoms with Crippen molar-refractivity contribution in [1.29, 1.82) is 0 Å². The van der Waals surface area contributed by atoms with Crippen molar-refractivity contribution in [3.63, 3.8) is 0 Å². The molecule has 3 aliphatic rings. The number of hydrogen-bond donors (Lipinski definition) is 3. The summed E-state index contributed by atoms with van der Waals surface area (Å²) in [4.78, 5) is 58.1. The Kier molecular flexibility index (Phi) is 8.35. The Labute approximate surface area is 248 Å². The van der Waals surface area contributed by atoms with Gasteiger partial charge in [0.1, 0.15) is 40.7 Å². The van der Waals surface area contributed by atoms with Crippen molar-refractivity contribution in [1.82, 2.24) is 20.5 Å². The van der Waals surface area contributed by atoms with Gasteiger partial charge >= 0.3 is 18.1 Å². The quantitative estimate of drug-likeness (QED) is 0.445. The molecule has 1 aromatic carbocycles. The molecule has 5 rings (SSSR count). The lowest BCUT2D eigenvalue weighted by Crippen LogP contribution is -2.56. The number of allylic oxidation sites excluding steroid dienone is 1. The molecule has 43 heavy (non-hydrogen) atoms. The van der Waals surface area contributed by atoms with Gasteiger partial charge in [0.05, 0.1) is 6.54 Å². The minimum atomic E-state index is -1.46. The monoisotopic (exact) mass is 600 g/mol. The lowest BCUT2D eigenvalue weighted by molar-refractivity contribution is -0.145. The van der Waals surface area contributed by atoms with Gasteiger partial charge in [-0.25, -0.2) is 14.0 Å². The van der Waals surface area contributed by atoms with Crippen molar-refractivity contribution >= 4 is 35.0 Å². The number of aliphatic carboxylic acids is 1. The number of carboxylic acid groups (broad SMARTS) is 1. The molecule has 13 heteroatoms. The van der Waals surface area contributed by atoms with Crippen molar-refractivity contribution in [3.8, 4) is 6.08 Å². The molecule has 3 N–H and O–H groups in total. The Balaban J connectivity index is 1.42. The molecule has 1 saturated heterocycles. The third-order valence-corrected chi connectivity index (χ3v) is 7.91. The van der Waals surface area contributed by atoms with E-state index in [2.05, 4.69) is 15.6 Å². The molecule has 2 aromatic rings. The summed E-state index contributed by atoms with van der Waals surface area (Å²) in [5.41, 5.74) is -1.70. The van der Waals surface area contributed by atoms with E-state index >= 15 is 0 Å². The predicted octanol–water partition coefficient (Wildman–Crippen LogP) is 3.69. The number of oxazole rings is 1. The minimum absolute atomic E-state index is 0.0139. The molecule has 1 aliphatic carbocycles. The van der Waals surface area contributed by atoms with Crippen molar-refractivity contribution in [2.45, 2.75) is 95.0 Å². The van der Waals surface area contributed by atoms with Crippen LogP contribution in [0, 0.1) is 11.7 Å². The maximum atomic E-state index is 14.0. The highest BCUT2D eigenvalue weighted by Gasteiger charge is 2.61. The standard InChI is InChI=1S/C30H37FN4O8/c1-29(2,3)43-27(40)32-20-10-8-6-4-5-7-9-17-15-30(17,26(38)39)34-24(36)22-14-19(16-35(22)25(20)37)41-28-33-21-13-18(31)11-12-23(21)42-28/h7,9,11-13,17,19-20,22H,4-6,8,10,14-16H2,1-3H3,(H,32,40)(H,34,36)(H,38,39)/t17-,19-,20+,22+,30-/m1/s1. The lowest BCUT2D eigenvalue weighted by atomic mass is 10.0. The fourth-order valence-corrected chi connectivity index (χ4v) is 5.67. The number of hydrogen-bond acceptors (Lipinski definition) is 8. The second kappa shape index (κ2) is 11.8. The molecule has 1 saturated carbocycles. The van der Waals surface area contributed by atoms with Crippen LogP contribution >= 0.6 is 0 Å². The van der Waals surface area contributed by atoms with E-state index in [4.69, 9.17) is 13.9 Å². The van der Waals surface area contributed by atoms with Crippen LogP contribution in [0.2, 0.25) is 0 Å². The van der Waals surface area contributed by atoms with E-state index in [1.165, 1.54) is 23.1 Å². The zero-order valence-electron chi connectivity index (χ0n) is 24.4. The van der Waals surface area contributed by atoms with Gasteiger partial charge in [-0.3, -0.25) is 9.59 Å². The van der Waals surface area contributed by atoms with Gasteiger partial charge in [0.2, 0.25) is 11.8 Å². The molecule has 3 heterocycles. The van der Waals surface area contributed by atoms with E-state index < -0.39 is 59.0 Å². The number of alkyl carbamates (subject to hydrolysis) is 1. The van der Waals surface area contributed by atoms with Crippen molar-refractivity contribution in [2.75, 3.05) is 6.54 Å². The highest BCUT2D eigenvalue weighted by molar-refractivity contribution is 5.96. The first-order chi connectivity index (χ1) is 20.3. The van der Waals surface area contributed by atoms with Gasteiger partial charge < -0.3 is 34.5 Å². The van der Waals surface area contributed by atoms with Crippen LogP contribution in [0.1, 0.15) is 65.7 Å². The third kappa shape index (κ3) is 6.91. The van der Waals surface area contributed by atoms with Gasteiger partial charge in [-0.15, -0.1) is 0 Å². The lowest BCUT2D eigenvalue weighted by Gasteiger charge is -2.30. The summed E-state index contributed by atoms with van der Waals surface area (Å²) in [5.74, 6) is -3.15. The second-order valence-electron chi connectivity index (χ2n) is 12.4. The number of carbonyl (C=O) groups excluding carboxylic acids is 3. The minimum Gasteiger partial charge on any atom is -0.479 e. The highest BCUT2D eigenvalue weighted by Crippen LogP contribution is 2.45. The Bertz CT molecular complexity index is 1430. The molecule has 1 aromatic heterocycles. The fraction of sp³-hybridized carbons (Fsp3) is 0.567. The number of carbonyl (C=O) groups is 4. The molecule has 0 unspecified atom stereocenters. The summed E-state index contributed by atoms with van der Waals surface area (Å²) in [6.45, 7) is 5.08. The van der Waals surface area contributed by atoms with Gasteiger partial charge in [-0.05, 0) is 58.6 Å². The van der Waals surface area contributed by atoms with E-state index in [0.29, 0.717) is 18.4 Å². The van der Waals surface area contributed by atoms with E-state index in [-0.39, 0.29) is 36.9 Å². The predicted molar refractivity (Wildman–Crippen MR) is 151 cm³/mol. The van der Waals surface area contributed by atoms with Crippen molar-refractivity contribution in [3.05, 3.63) is 36.2 Å². The van der Waals surface area contributed by atoms with Crippen LogP contribution in [0.3, 0.4) is 0 Å². The van der Waals surface area contributed by atoms with E-state index in [1.807, 2.05) is 12.2 Å². The van der Waals surface area contributed by atoms with Crippen LogP contribution in [0.15, 0.2) is 34.8 Å². The topological polar surface area (TPSA) is 160 Å². The molecule has 5 atom stereocenters. The van der Waals surface area contributed by atoms with Gasteiger partial charge in [-0.2, -0.15) is 4.98 Å². The maximum absolute atomic E-state index is 14.0. The van der Waals surface area contributed by atoms with Gasteiger partial charge in [-0.1, -0.05) is 25.0 Å². The van der Waals surface area contributed by atoms with Crippen LogP contribution in [0.4, 0.5) is 9.18 Å². The van der Waals surface area contributed by atoms with Crippen LogP contribution < -0.4 is 15.4 Å². The number of ether oxygens (including phenoxy) is 2. The normalized spacial score (nSPS) is 28.2. The summed E-state index contributed by atoms with van der Waals surface area (Å²) in [7, 11) is 0. The second-order valence-corrected chi connectivity index (χ2v) is 12.4. The van der Waals surface area contributed by atoms with Gasteiger partial charge in [0, 0.05) is 18.4 Å². The Morgan fingerprint density at radius 1 is 1.23 bits per heavy atom. The summed E-state index contributed by atoms with van der Waals surface area (Å²) in [5, 5.41) is 15.4. The summed E-state index contributed by atoms with van der Waals surface area (Å²) in [6, 6.07) is 1.76. The first-order valence-electron chi connectivity index (χ1n) is 14.6. The molecule has 0 radical (unpaired) electrons. The molecule has 12 nitrogen and oxygen atoms in total. The number of fused-ring (bicyclic) bond motifs is 3. The number of benzene rings is 1. The van der Waals surface area contributed by atoms with Gasteiger partial charge in [0.25, 0.3) is 0 Å². The smallest absolute Gasteiger partial charge is 0.408 e. The molecule has 0 bridgehead atoms. The fourth-order valence-electron chi connectivity index (χ4n) is 5.67. The molecule has 232 valence electrons. The molecular formula is C30H37FN4O8. The number of nitrogens with one attached hydrogen (secondary N) is 2. The zero-order chi connectivity index (χ0) is 30.9. The summed E-state index contributed by atoms with van der Waals surface area (Å²) >= 11 is 0. The molecule has 3 amide bonds. The van der Waals surface area contributed by atoms with E-state index in [9.17, 15) is 28.7 Å². The number of nitrogens with zero attached hydrogens (tertiary/aromatic N) is 2. The zero-order valence-corrected chi connectivity index (χ0v) is 24.4. The summed E-state index contributed by atoms with van der Waals surface area (Å²) in [6.07, 6.45) is 5.63. The molecule has 2 fully saturated rings. The number of amides is 3.